The van der Waals surface area contributed by atoms with Gasteiger partial charge in [0.05, 0.1) is 5.69 Å². The molecule has 3 heteroatoms. The smallest absolute Gasteiger partial charge is 0.146 e. The molecule has 18 heavy (non-hydrogen) atoms. The maximum Gasteiger partial charge on any atom is 0.146 e. The Morgan fingerprint density at radius 2 is 1.94 bits per heavy atom. The first kappa shape index (κ1) is 15.0. The normalized spacial score (nSPS) is 14.3. The monoisotopic (exact) mass is 252 g/mol. The van der Waals surface area contributed by atoms with E-state index in [0.29, 0.717) is 11.6 Å². The van der Waals surface area contributed by atoms with Crippen LogP contribution in [0.5, 0.6) is 0 Å². The van der Waals surface area contributed by atoms with Gasteiger partial charge in [-0.25, -0.2) is 4.39 Å². The van der Waals surface area contributed by atoms with Crippen molar-refractivity contribution < 1.29 is 4.39 Å². The minimum Gasteiger partial charge on any atom is -0.369 e. The van der Waals surface area contributed by atoms with E-state index in [9.17, 15) is 4.39 Å². The Hall–Kier alpha value is -1.09. The minimum atomic E-state index is -0.171. The van der Waals surface area contributed by atoms with Gasteiger partial charge >= 0.3 is 0 Å². The van der Waals surface area contributed by atoms with Crippen molar-refractivity contribution in [2.24, 2.45) is 11.7 Å². The predicted molar refractivity (Wildman–Crippen MR) is 76.3 cm³/mol. The van der Waals surface area contributed by atoms with Crippen molar-refractivity contribution >= 4 is 5.69 Å². The molecule has 0 aromatic heterocycles. The van der Waals surface area contributed by atoms with Gasteiger partial charge in [0, 0.05) is 19.1 Å². The third-order valence-electron chi connectivity index (χ3n) is 3.45. The summed E-state index contributed by atoms with van der Waals surface area (Å²) < 4.78 is 14.1. The van der Waals surface area contributed by atoms with Gasteiger partial charge in [-0.1, -0.05) is 26.3 Å². The maximum absolute atomic E-state index is 14.1. The van der Waals surface area contributed by atoms with E-state index < -0.39 is 0 Å². The fourth-order valence-electron chi connectivity index (χ4n) is 1.97. The van der Waals surface area contributed by atoms with Crippen molar-refractivity contribution in [3.63, 3.8) is 0 Å². The standard InChI is InChI=1S/C15H25FN2/c1-5-11(3)10-18(6-2)15-8-7-13(12(4)17)9-14(15)16/h7-9,11-12H,5-6,10,17H2,1-4H3/t11?,12-/m1/s1. The lowest BCUT2D eigenvalue weighted by Crippen LogP contribution is -2.29. The highest BCUT2D eigenvalue weighted by atomic mass is 19.1. The summed E-state index contributed by atoms with van der Waals surface area (Å²) in [6.07, 6.45) is 1.11. The fraction of sp³-hybridized carbons (Fsp3) is 0.600. The molecule has 0 aliphatic heterocycles. The SMILES string of the molecule is CCC(C)CN(CC)c1ccc([C@@H](C)N)cc1F. The molecule has 0 saturated heterocycles. The molecule has 1 aromatic rings. The summed E-state index contributed by atoms with van der Waals surface area (Å²) in [5.41, 5.74) is 7.29. The Labute approximate surface area is 110 Å². The summed E-state index contributed by atoms with van der Waals surface area (Å²) >= 11 is 0. The third kappa shape index (κ3) is 3.70. The van der Waals surface area contributed by atoms with E-state index in [0.717, 1.165) is 25.1 Å². The molecule has 1 aromatic carbocycles. The van der Waals surface area contributed by atoms with Gasteiger partial charge < -0.3 is 10.6 Å². The van der Waals surface area contributed by atoms with Crippen molar-refractivity contribution in [3.05, 3.63) is 29.6 Å². The van der Waals surface area contributed by atoms with Gasteiger partial charge in [-0.2, -0.15) is 0 Å². The molecule has 102 valence electrons. The number of hydrogen-bond acceptors (Lipinski definition) is 2. The summed E-state index contributed by atoms with van der Waals surface area (Å²) in [5, 5.41) is 0. The summed E-state index contributed by atoms with van der Waals surface area (Å²) in [7, 11) is 0. The second kappa shape index (κ2) is 6.74. The number of nitrogens with two attached hydrogens (primary N) is 1. The lowest BCUT2D eigenvalue weighted by atomic mass is 10.1. The first-order valence-electron chi connectivity index (χ1n) is 6.79. The molecule has 0 bridgehead atoms. The van der Waals surface area contributed by atoms with Crippen LogP contribution >= 0.6 is 0 Å². The topological polar surface area (TPSA) is 29.3 Å². The molecular formula is C15H25FN2. The number of benzene rings is 1. The highest BCUT2D eigenvalue weighted by molar-refractivity contribution is 5.49. The Kier molecular flexibility index (Phi) is 5.60. The van der Waals surface area contributed by atoms with Gasteiger partial charge in [0.15, 0.2) is 0 Å². The molecule has 0 aliphatic carbocycles. The van der Waals surface area contributed by atoms with Crippen molar-refractivity contribution in [2.75, 3.05) is 18.0 Å². The molecule has 2 N–H and O–H groups in total. The van der Waals surface area contributed by atoms with Crippen LogP contribution < -0.4 is 10.6 Å². The largest absolute Gasteiger partial charge is 0.369 e. The summed E-state index contributed by atoms with van der Waals surface area (Å²) in [6, 6.07) is 5.19. The van der Waals surface area contributed by atoms with Gasteiger partial charge in [-0.3, -0.25) is 0 Å². The van der Waals surface area contributed by atoms with Gasteiger partial charge in [-0.15, -0.1) is 0 Å². The second-order valence-electron chi connectivity index (χ2n) is 5.05. The lowest BCUT2D eigenvalue weighted by molar-refractivity contribution is 0.537. The number of halogens is 1. The zero-order chi connectivity index (χ0) is 13.7. The van der Waals surface area contributed by atoms with Crippen LogP contribution in [0.25, 0.3) is 0 Å². The molecule has 0 spiro atoms. The van der Waals surface area contributed by atoms with Gasteiger partial charge in [-0.05, 0) is 37.5 Å². The van der Waals surface area contributed by atoms with Crippen LogP contribution in [-0.2, 0) is 0 Å². The number of anilines is 1. The highest BCUT2D eigenvalue weighted by Gasteiger charge is 2.13. The van der Waals surface area contributed by atoms with Crippen molar-refractivity contribution in [1.29, 1.82) is 0 Å². The van der Waals surface area contributed by atoms with Crippen molar-refractivity contribution in [3.8, 4) is 0 Å². The van der Waals surface area contributed by atoms with Gasteiger partial charge in [0.25, 0.3) is 0 Å². The van der Waals surface area contributed by atoms with Crippen LogP contribution in [0.2, 0.25) is 0 Å². The average Bonchev–Trinajstić information content (AvgIpc) is 2.35. The number of nitrogens with zero attached hydrogens (tertiary/aromatic N) is 1. The molecule has 2 nitrogen and oxygen atoms in total. The zero-order valence-corrected chi connectivity index (χ0v) is 11.9. The van der Waals surface area contributed by atoms with E-state index >= 15 is 0 Å². The van der Waals surface area contributed by atoms with E-state index in [1.54, 1.807) is 6.07 Å². The molecule has 1 unspecified atom stereocenters. The fourth-order valence-corrected chi connectivity index (χ4v) is 1.97. The van der Waals surface area contributed by atoms with Gasteiger partial charge in [0.1, 0.15) is 5.82 Å². The van der Waals surface area contributed by atoms with Crippen LogP contribution in [0.4, 0.5) is 10.1 Å². The van der Waals surface area contributed by atoms with Crippen molar-refractivity contribution in [2.45, 2.75) is 40.2 Å². The molecule has 2 atom stereocenters. The Morgan fingerprint density at radius 3 is 2.39 bits per heavy atom. The average molecular weight is 252 g/mol. The molecule has 0 saturated carbocycles. The van der Waals surface area contributed by atoms with Crippen molar-refractivity contribution in [1.82, 2.24) is 0 Å². The first-order chi connectivity index (χ1) is 8.49. The Bertz CT molecular complexity index is 377. The highest BCUT2D eigenvalue weighted by Crippen LogP contribution is 2.23. The number of hydrogen-bond donors (Lipinski definition) is 1. The number of rotatable bonds is 6. The minimum absolute atomic E-state index is 0.127. The quantitative estimate of drug-likeness (QED) is 0.836. The molecule has 0 radical (unpaired) electrons. The first-order valence-corrected chi connectivity index (χ1v) is 6.79. The van der Waals surface area contributed by atoms with E-state index in [2.05, 4.69) is 25.7 Å². The summed E-state index contributed by atoms with van der Waals surface area (Å²) in [5.74, 6) is 0.396. The molecule has 0 heterocycles. The molecule has 0 fully saturated rings. The molecule has 0 aliphatic rings. The van der Waals surface area contributed by atoms with E-state index in [1.807, 2.05) is 19.1 Å². The Balaban J connectivity index is 2.93. The molecule has 0 amide bonds. The zero-order valence-electron chi connectivity index (χ0n) is 11.9. The van der Waals surface area contributed by atoms with Crippen LogP contribution in [0.3, 0.4) is 0 Å². The predicted octanol–water partition coefficient (Wildman–Crippen LogP) is 3.72. The molecular weight excluding hydrogens is 227 g/mol. The second-order valence-corrected chi connectivity index (χ2v) is 5.05. The van der Waals surface area contributed by atoms with Crippen LogP contribution in [0.15, 0.2) is 18.2 Å². The van der Waals surface area contributed by atoms with Crippen LogP contribution in [0, 0.1) is 11.7 Å². The maximum atomic E-state index is 14.1. The van der Waals surface area contributed by atoms with Crippen LogP contribution in [0.1, 0.15) is 45.7 Å². The van der Waals surface area contributed by atoms with E-state index in [-0.39, 0.29) is 11.9 Å². The third-order valence-corrected chi connectivity index (χ3v) is 3.45. The van der Waals surface area contributed by atoms with E-state index in [1.165, 1.54) is 0 Å². The Morgan fingerprint density at radius 1 is 1.28 bits per heavy atom. The summed E-state index contributed by atoms with van der Waals surface area (Å²) in [6.45, 7) is 9.98. The van der Waals surface area contributed by atoms with Crippen LogP contribution in [-0.4, -0.2) is 13.1 Å². The van der Waals surface area contributed by atoms with E-state index in [4.69, 9.17) is 5.73 Å². The van der Waals surface area contributed by atoms with Gasteiger partial charge in [0.2, 0.25) is 0 Å². The lowest BCUT2D eigenvalue weighted by Gasteiger charge is -2.27. The molecule has 1 rings (SSSR count). The summed E-state index contributed by atoms with van der Waals surface area (Å²) in [4.78, 5) is 2.09.